The number of aromatic nitrogens is 3. The standard InChI is InChI=1S/C14H18N4O3/c1-8(2)12-17-14(21-18-12)9(3)16-13(19)10-5-6-15-11(7-10)20-4/h5-9H,1-4H3,(H,16,19). The van der Waals surface area contributed by atoms with E-state index in [4.69, 9.17) is 9.26 Å². The minimum atomic E-state index is -0.378. The summed E-state index contributed by atoms with van der Waals surface area (Å²) in [5.41, 5.74) is 0.456. The van der Waals surface area contributed by atoms with Crippen LogP contribution in [0.15, 0.2) is 22.9 Å². The molecule has 0 fully saturated rings. The molecule has 1 amide bonds. The van der Waals surface area contributed by atoms with Crippen molar-refractivity contribution in [3.8, 4) is 5.88 Å². The Balaban J connectivity index is 2.07. The monoisotopic (exact) mass is 290 g/mol. The number of amides is 1. The third-order valence-corrected chi connectivity index (χ3v) is 2.90. The highest BCUT2D eigenvalue weighted by Gasteiger charge is 2.18. The van der Waals surface area contributed by atoms with E-state index in [1.807, 2.05) is 13.8 Å². The van der Waals surface area contributed by atoms with Gasteiger partial charge in [0.05, 0.1) is 7.11 Å². The van der Waals surface area contributed by atoms with Crippen molar-refractivity contribution in [1.29, 1.82) is 0 Å². The van der Waals surface area contributed by atoms with Crippen molar-refractivity contribution >= 4 is 5.91 Å². The van der Waals surface area contributed by atoms with Gasteiger partial charge in [0.2, 0.25) is 11.8 Å². The average molecular weight is 290 g/mol. The van der Waals surface area contributed by atoms with Gasteiger partial charge >= 0.3 is 0 Å². The van der Waals surface area contributed by atoms with Gasteiger partial charge in [0.15, 0.2) is 5.82 Å². The SMILES string of the molecule is COc1cc(C(=O)NC(C)c2nc(C(C)C)no2)ccn1. The van der Waals surface area contributed by atoms with Crippen molar-refractivity contribution in [1.82, 2.24) is 20.4 Å². The Hall–Kier alpha value is -2.44. The molecule has 2 aromatic heterocycles. The van der Waals surface area contributed by atoms with Gasteiger partial charge in [0, 0.05) is 23.7 Å². The molecule has 0 aromatic carbocycles. The minimum Gasteiger partial charge on any atom is -0.481 e. The Kier molecular flexibility index (Phi) is 4.52. The number of nitrogens with one attached hydrogen (secondary N) is 1. The zero-order chi connectivity index (χ0) is 15.4. The molecule has 0 radical (unpaired) electrons. The Labute approximate surface area is 122 Å². The second kappa shape index (κ2) is 6.34. The van der Waals surface area contributed by atoms with Gasteiger partial charge < -0.3 is 14.6 Å². The highest BCUT2D eigenvalue weighted by atomic mass is 16.5. The molecule has 0 saturated heterocycles. The lowest BCUT2D eigenvalue weighted by Crippen LogP contribution is -2.27. The molecule has 7 nitrogen and oxygen atoms in total. The van der Waals surface area contributed by atoms with Gasteiger partial charge in [-0.3, -0.25) is 4.79 Å². The molecule has 21 heavy (non-hydrogen) atoms. The van der Waals surface area contributed by atoms with E-state index < -0.39 is 0 Å². The van der Waals surface area contributed by atoms with Crippen LogP contribution >= 0.6 is 0 Å². The number of rotatable bonds is 5. The maximum Gasteiger partial charge on any atom is 0.252 e. The topological polar surface area (TPSA) is 90.1 Å². The number of hydrogen-bond donors (Lipinski definition) is 1. The molecule has 112 valence electrons. The summed E-state index contributed by atoms with van der Waals surface area (Å²) >= 11 is 0. The molecule has 0 aliphatic carbocycles. The molecule has 0 aliphatic rings. The maximum atomic E-state index is 12.2. The van der Waals surface area contributed by atoms with Gasteiger partial charge in [-0.05, 0) is 13.0 Å². The summed E-state index contributed by atoms with van der Waals surface area (Å²) in [7, 11) is 1.50. The molecule has 0 saturated carbocycles. The smallest absolute Gasteiger partial charge is 0.252 e. The summed E-state index contributed by atoms with van der Waals surface area (Å²) < 4.78 is 10.1. The summed E-state index contributed by atoms with van der Waals surface area (Å²) in [5, 5.41) is 6.67. The summed E-state index contributed by atoms with van der Waals surface area (Å²) in [4.78, 5) is 20.4. The van der Waals surface area contributed by atoms with Crippen LogP contribution in [0.3, 0.4) is 0 Å². The van der Waals surface area contributed by atoms with Crippen LogP contribution in [0.25, 0.3) is 0 Å². The number of hydrogen-bond acceptors (Lipinski definition) is 6. The van der Waals surface area contributed by atoms with E-state index in [9.17, 15) is 4.79 Å². The van der Waals surface area contributed by atoms with E-state index in [0.29, 0.717) is 23.2 Å². The van der Waals surface area contributed by atoms with Gasteiger partial charge in [0.1, 0.15) is 6.04 Å². The molecule has 1 atom stereocenters. The lowest BCUT2D eigenvalue weighted by atomic mass is 10.2. The van der Waals surface area contributed by atoms with E-state index >= 15 is 0 Å². The van der Waals surface area contributed by atoms with Crippen molar-refractivity contribution in [3.63, 3.8) is 0 Å². The number of nitrogens with zero attached hydrogens (tertiary/aromatic N) is 3. The fourth-order valence-corrected chi connectivity index (χ4v) is 1.66. The Bertz CT molecular complexity index is 624. The van der Waals surface area contributed by atoms with E-state index in [2.05, 4.69) is 20.4 Å². The van der Waals surface area contributed by atoms with Gasteiger partial charge in [-0.1, -0.05) is 19.0 Å². The minimum absolute atomic E-state index is 0.176. The predicted molar refractivity (Wildman–Crippen MR) is 75.1 cm³/mol. The fourth-order valence-electron chi connectivity index (χ4n) is 1.66. The largest absolute Gasteiger partial charge is 0.481 e. The first-order valence-electron chi connectivity index (χ1n) is 6.65. The summed E-state index contributed by atoms with van der Waals surface area (Å²) in [6.45, 7) is 5.73. The molecule has 0 bridgehead atoms. The molecule has 2 heterocycles. The molecule has 7 heteroatoms. The lowest BCUT2D eigenvalue weighted by Gasteiger charge is -2.10. The molecule has 1 unspecified atom stereocenters. The van der Waals surface area contributed by atoms with Crippen LogP contribution in [0.4, 0.5) is 0 Å². The molecule has 2 rings (SSSR count). The fraction of sp³-hybridized carbons (Fsp3) is 0.429. The zero-order valence-corrected chi connectivity index (χ0v) is 12.5. The predicted octanol–water partition coefficient (Wildman–Crippen LogP) is 2.09. The van der Waals surface area contributed by atoms with Crippen molar-refractivity contribution in [2.75, 3.05) is 7.11 Å². The lowest BCUT2D eigenvalue weighted by molar-refractivity contribution is 0.0932. The first-order valence-corrected chi connectivity index (χ1v) is 6.65. The highest BCUT2D eigenvalue weighted by molar-refractivity contribution is 5.94. The van der Waals surface area contributed by atoms with E-state index in [1.165, 1.54) is 13.3 Å². The molecule has 0 spiro atoms. The number of pyridine rings is 1. The highest BCUT2D eigenvalue weighted by Crippen LogP contribution is 2.16. The number of ether oxygens (including phenoxy) is 1. The molecule has 0 aliphatic heterocycles. The normalized spacial score (nSPS) is 12.2. The van der Waals surface area contributed by atoms with E-state index in [-0.39, 0.29) is 17.9 Å². The summed E-state index contributed by atoms with van der Waals surface area (Å²) in [6, 6.07) is 2.80. The Morgan fingerprint density at radius 2 is 2.14 bits per heavy atom. The third-order valence-electron chi connectivity index (χ3n) is 2.90. The van der Waals surface area contributed by atoms with Crippen LogP contribution in [-0.4, -0.2) is 28.1 Å². The third kappa shape index (κ3) is 3.56. The first kappa shape index (κ1) is 15.0. The van der Waals surface area contributed by atoms with Gasteiger partial charge in [-0.15, -0.1) is 0 Å². The van der Waals surface area contributed by atoms with Crippen LogP contribution in [-0.2, 0) is 0 Å². The maximum absolute atomic E-state index is 12.2. The van der Waals surface area contributed by atoms with Crippen molar-refractivity contribution < 1.29 is 14.1 Å². The summed E-state index contributed by atoms with van der Waals surface area (Å²) in [6.07, 6.45) is 1.52. The van der Waals surface area contributed by atoms with Gasteiger partial charge in [0.25, 0.3) is 5.91 Å². The summed E-state index contributed by atoms with van der Waals surface area (Å²) in [5.74, 6) is 1.31. The number of carbonyl (C=O) groups excluding carboxylic acids is 1. The van der Waals surface area contributed by atoms with Crippen LogP contribution in [0.2, 0.25) is 0 Å². The van der Waals surface area contributed by atoms with Crippen molar-refractivity contribution in [2.45, 2.75) is 32.7 Å². The van der Waals surface area contributed by atoms with Crippen molar-refractivity contribution in [2.24, 2.45) is 0 Å². The van der Waals surface area contributed by atoms with Crippen molar-refractivity contribution in [3.05, 3.63) is 35.6 Å². The number of methoxy groups -OCH3 is 1. The van der Waals surface area contributed by atoms with Crippen LogP contribution in [0.5, 0.6) is 5.88 Å². The Morgan fingerprint density at radius 3 is 2.76 bits per heavy atom. The van der Waals surface area contributed by atoms with Crippen LogP contribution in [0.1, 0.15) is 54.8 Å². The zero-order valence-electron chi connectivity index (χ0n) is 12.5. The quantitative estimate of drug-likeness (QED) is 0.906. The average Bonchev–Trinajstić information content (AvgIpc) is 2.97. The van der Waals surface area contributed by atoms with E-state index in [0.717, 1.165) is 0 Å². The number of carbonyl (C=O) groups is 1. The van der Waals surface area contributed by atoms with E-state index in [1.54, 1.807) is 19.1 Å². The van der Waals surface area contributed by atoms with Crippen LogP contribution < -0.4 is 10.1 Å². The van der Waals surface area contributed by atoms with Gasteiger partial charge in [-0.25, -0.2) is 4.98 Å². The molecular weight excluding hydrogens is 272 g/mol. The Morgan fingerprint density at radius 1 is 1.38 bits per heavy atom. The van der Waals surface area contributed by atoms with Crippen LogP contribution in [0, 0.1) is 0 Å². The molecule has 1 N–H and O–H groups in total. The first-order chi connectivity index (χ1) is 10.0. The molecular formula is C14H18N4O3. The second-order valence-electron chi connectivity index (χ2n) is 4.93. The van der Waals surface area contributed by atoms with Gasteiger partial charge in [-0.2, -0.15) is 4.98 Å². The molecule has 2 aromatic rings. The second-order valence-corrected chi connectivity index (χ2v) is 4.93.